The number of alkyl carbamates (subject to hydrolysis) is 1. The van der Waals surface area contributed by atoms with Crippen LogP contribution in [0, 0.1) is 5.92 Å². The molecule has 2 aromatic heterocycles. The lowest BCUT2D eigenvalue weighted by Gasteiger charge is -2.07. The second-order valence-electron chi connectivity index (χ2n) is 4.71. The van der Waals surface area contributed by atoms with Crippen molar-refractivity contribution in [2.75, 3.05) is 6.61 Å². The smallest absolute Gasteiger partial charge is 0.407 e. The fourth-order valence-corrected chi connectivity index (χ4v) is 1.46. The van der Waals surface area contributed by atoms with Crippen LogP contribution in [0.4, 0.5) is 4.79 Å². The maximum Gasteiger partial charge on any atom is 0.407 e. The number of amides is 1. The Hall–Kier alpha value is -2.44. The monoisotopic (exact) mass is 275 g/mol. The lowest BCUT2D eigenvalue weighted by atomic mass is 10.2. The number of hydrogen-bond donors (Lipinski definition) is 1. The van der Waals surface area contributed by atoms with Gasteiger partial charge in [0, 0.05) is 12.4 Å². The van der Waals surface area contributed by atoms with Gasteiger partial charge >= 0.3 is 6.09 Å². The van der Waals surface area contributed by atoms with Crippen molar-refractivity contribution < 1.29 is 9.53 Å². The molecule has 0 bridgehead atoms. The summed E-state index contributed by atoms with van der Waals surface area (Å²) < 4.78 is 6.63. The zero-order chi connectivity index (χ0) is 14.4. The molecule has 0 unspecified atom stereocenters. The van der Waals surface area contributed by atoms with Crippen LogP contribution in [0.2, 0.25) is 0 Å². The van der Waals surface area contributed by atoms with Crippen LogP contribution >= 0.6 is 0 Å². The van der Waals surface area contributed by atoms with Crippen LogP contribution in [-0.2, 0) is 11.3 Å². The molecule has 7 nitrogen and oxygen atoms in total. The standard InChI is InChI=1S/C13H17N5O2/c1-10(2)9-20-13(19)15-7-11-8-18(17-16-11)12-3-5-14-6-4-12/h3-6,8,10H,7,9H2,1-2H3,(H,15,19). The van der Waals surface area contributed by atoms with Gasteiger partial charge < -0.3 is 10.1 Å². The fraction of sp³-hybridized carbons (Fsp3) is 0.385. The molecule has 7 heteroatoms. The number of ether oxygens (including phenoxy) is 1. The summed E-state index contributed by atoms with van der Waals surface area (Å²) in [6.45, 7) is 4.64. The van der Waals surface area contributed by atoms with Gasteiger partial charge in [-0.2, -0.15) is 0 Å². The molecular formula is C13H17N5O2. The Kier molecular flexibility index (Phi) is 4.65. The minimum Gasteiger partial charge on any atom is -0.449 e. The van der Waals surface area contributed by atoms with E-state index in [2.05, 4.69) is 20.6 Å². The Labute approximate surface area is 117 Å². The number of carbonyl (C=O) groups excluding carboxylic acids is 1. The lowest BCUT2D eigenvalue weighted by Crippen LogP contribution is -2.25. The minimum absolute atomic E-state index is 0.280. The maximum atomic E-state index is 11.4. The van der Waals surface area contributed by atoms with Gasteiger partial charge in [0.2, 0.25) is 0 Å². The van der Waals surface area contributed by atoms with Crippen LogP contribution < -0.4 is 5.32 Å². The van der Waals surface area contributed by atoms with E-state index in [1.807, 2.05) is 26.0 Å². The Morgan fingerprint density at radius 3 is 2.85 bits per heavy atom. The highest BCUT2D eigenvalue weighted by molar-refractivity contribution is 5.67. The molecule has 2 aromatic rings. The van der Waals surface area contributed by atoms with Crippen LogP contribution in [0.5, 0.6) is 0 Å². The van der Waals surface area contributed by atoms with Crippen molar-refractivity contribution in [2.45, 2.75) is 20.4 Å². The molecule has 0 atom stereocenters. The number of hydrogen-bond acceptors (Lipinski definition) is 5. The van der Waals surface area contributed by atoms with E-state index in [9.17, 15) is 4.79 Å². The molecule has 20 heavy (non-hydrogen) atoms. The number of nitrogens with zero attached hydrogens (tertiary/aromatic N) is 4. The van der Waals surface area contributed by atoms with Gasteiger partial charge in [0.1, 0.15) is 5.69 Å². The quantitative estimate of drug-likeness (QED) is 0.895. The van der Waals surface area contributed by atoms with Crippen LogP contribution in [-0.4, -0.2) is 32.7 Å². The average Bonchev–Trinajstić information content (AvgIpc) is 2.93. The number of nitrogens with one attached hydrogen (secondary N) is 1. The van der Waals surface area contributed by atoms with E-state index in [-0.39, 0.29) is 6.54 Å². The maximum absolute atomic E-state index is 11.4. The molecule has 0 fully saturated rings. The Morgan fingerprint density at radius 2 is 2.15 bits per heavy atom. The number of pyridine rings is 1. The molecule has 1 N–H and O–H groups in total. The molecule has 2 rings (SSSR count). The Balaban J connectivity index is 1.86. The Bertz CT molecular complexity index is 553. The summed E-state index contributed by atoms with van der Waals surface area (Å²) in [5.41, 5.74) is 1.52. The van der Waals surface area contributed by atoms with Gasteiger partial charge in [0.25, 0.3) is 0 Å². The van der Waals surface area contributed by atoms with Crippen LogP contribution in [0.3, 0.4) is 0 Å². The highest BCUT2D eigenvalue weighted by Crippen LogP contribution is 2.04. The van der Waals surface area contributed by atoms with E-state index in [1.54, 1.807) is 23.3 Å². The van der Waals surface area contributed by atoms with Gasteiger partial charge in [-0.1, -0.05) is 19.1 Å². The molecule has 0 saturated carbocycles. The van der Waals surface area contributed by atoms with E-state index in [1.165, 1.54) is 0 Å². The van der Waals surface area contributed by atoms with Crippen molar-refractivity contribution in [2.24, 2.45) is 5.92 Å². The first-order chi connectivity index (χ1) is 9.65. The minimum atomic E-state index is -0.447. The van der Waals surface area contributed by atoms with Crippen molar-refractivity contribution in [1.29, 1.82) is 0 Å². The molecule has 0 aliphatic heterocycles. The summed E-state index contributed by atoms with van der Waals surface area (Å²) in [7, 11) is 0. The van der Waals surface area contributed by atoms with E-state index in [4.69, 9.17) is 4.74 Å². The summed E-state index contributed by atoms with van der Waals surface area (Å²) in [4.78, 5) is 15.3. The zero-order valence-corrected chi connectivity index (χ0v) is 11.5. The third-order valence-corrected chi connectivity index (χ3v) is 2.43. The van der Waals surface area contributed by atoms with Gasteiger partial charge in [-0.3, -0.25) is 4.98 Å². The molecule has 0 aliphatic carbocycles. The molecule has 0 spiro atoms. The number of rotatable bonds is 5. The predicted octanol–water partition coefficient (Wildman–Crippen LogP) is 1.54. The molecule has 0 radical (unpaired) electrons. The highest BCUT2D eigenvalue weighted by Gasteiger charge is 2.06. The van der Waals surface area contributed by atoms with Gasteiger partial charge in [-0.15, -0.1) is 5.10 Å². The molecule has 0 aliphatic rings. The summed E-state index contributed by atoms with van der Waals surface area (Å²) >= 11 is 0. The molecule has 106 valence electrons. The number of aromatic nitrogens is 4. The van der Waals surface area contributed by atoms with Gasteiger partial charge in [-0.25, -0.2) is 9.48 Å². The third kappa shape index (κ3) is 4.04. The first kappa shape index (κ1) is 14.0. The van der Waals surface area contributed by atoms with Crippen molar-refractivity contribution >= 4 is 6.09 Å². The normalized spacial score (nSPS) is 10.6. The van der Waals surface area contributed by atoms with Crippen LogP contribution in [0.15, 0.2) is 30.7 Å². The summed E-state index contributed by atoms with van der Waals surface area (Å²) in [5, 5.41) is 10.6. The second-order valence-corrected chi connectivity index (χ2v) is 4.71. The average molecular weight is 275 g/mol. The lowest BCUT2D eigenvalue weighted by molar-refractivity contribution is 0.132. The van der Waals surface area contributed by atoms with Gasteiger partial charge in [0.15, 0.2) is 0 Å². The number of carbonyl (C=O) groups is 1. The third-order valence-electron chi connectivity index (χ3n) is 2.43. The predicted molar refractivity (Wildman–Crippen MR) is 72.2 cm³/mol. The van der Waals surface area contributed by atoms with Crippen molar-refractivity contribution in [3.8, 4) is 5.69 Å². The summed E-state index contributed by atoms with van der Waals surface area (Å²) in [5.74, 6) is 0.313. The first-order valence-electron chi connectivity index (χ1n) is 6.37. The van der Waals surface area contributed by atoms with E-state index < -0.39 is 6.09 Å². The topological polar surface area (TPSA) is 81.9 Å². The molecule has 2 heterocycles. The Morgan fingerprint density at radius 1 is 1.40 bits per heavy atom. The van der Waals surface area contributed by atoms with Crippen LogP contribution in [0.1, 0.15) is 19.5 Å². The highest BCUT2D eigenvalue weighted by atomic mass is 16.5. The van der Waals surface area contributed by atoms with Crippen molar-refractivity contribution in [3.63, 3.8) is 0 Å². The zero-order valence-electron chi connectivity index (χ0n) is 11.5. The summed E-state index contributed by atoms with van der Waals surface area (Å²) in [6, 6.07) is 3.64. The van der Waals surface area contributed by atoms with Gasteiger partial charge in [-0.05, 0) is 18.1 Å². The SMILES string of the molecule is CC(C)COC(=O)NCc1cn(-c2ccncc2)nn1. The van der Waals surface area contributed by atoms with Crippen molar-refractivity contribution in [1.82, 2.24) is 25.3 Å². The van der Waals surface area contributed by atoms with Crippen molar-refractivity contribution in [3.05, 3.63) is 36.4 Å². The van der Waals surface area contributed by atoms with E-state index in [0.717, 1.165) is 5.69 Å². The van der Waals surface area contributed by atoms with Crippen LogP contribution in [0.25, 0.3) is 5.69 Å². The molecule has 0 aromatic carbocycles. The molecule has 0 saturated heterocycles. The van der Waals surface area contributed by atoms with E-state index >= 15 is 0 Å². The first-order valence-corrected chi connectivity index (χ1v) is 6.37. The van der Waals surface area contributed by atoms with Gasteiger partial charge in [0.05, 0.1) is 25.0 Å². The van der Waals surface area contributed by atoms with E-state index in [0.29, 0.717) is 18.2 Å². The second kappa shape index (κ2) is 6.65. The summed E-state index contributed by atoms with van der Waals surface area (Å²) in [6.07, 6.45) is 4.66. The molecule has 1 amide bonds. The fourth-order valence-electron chi connectivity index (χ4n) is 1.46. The largest absolute Gasteiger partial charge is 0.449 e. The molecular weight excluding hydrogens is 258 g/mol.